The van der Waals surface area contributed by atoms with Crippen molar-refractivity contribution in [1.82, 2.24) is 10.2 Å². The lowest BCUT2D eigenvalue weighted by Gasteiger charge is -2.08. The summed E-state index contributed by atoms with van der Waals surface area (Å²) >= 11 is 6.03. The van der Waals surface area contributed by atoms with Gasteiger partial charge < -0.3 is 10.1 Å². The molecule has 0 aliphatic rings. The van der Waals surface area contributed by atoms with Crippen LogP contribution in [0.25, 0.3) is 10.8 Å². The summed E-state index contributed by atoms with van der Waals surface area (Å²) in [5, 5.41) is 13.7. The molecule has 0 unspecified atom stereocenters. The smallest absolute Gasteiger partial charge is 0.159 e. The van der Waals surface area contributed by atoms with Gasteiger partial charge in [0.2, 0.25) is 0 Å². The van der Waals surface area contributed by atoms with Crippen LogP contribution in [0, 0.1) is 0 Å². The molecule has 1 aromatic heterocycles. The molecule has 2 aromatic rings. The Morgan fingerprint density at radius 3 is 2.74 bits per heavy atom. The summed E-state index contributed by atoms with van der Waals surface area (Å²) in [4.78, 5) is 0. The number of nitrogens with zero attached hydrogens (tertiary/aromatic N) is 2. The number of anilines is 1. The van der Waals surface area contributed by atoms with Crippen molar-refractivity contribution in [1.29, 1.82) is 0 Å². The third-order valence-electron chi connectivity index (χ3n) is 2.75. The maximum atomic E-state index is 6.03. The Morgan fingerprint density at radius 2 is 1.95 bits per heavy atom. The van der Waals surface area contributed by atoms with Crippen molar-refractivity contribution in [3.8, 4) is 0 Å². The van der Waals surface area contributed by atoms with Gasteiger partial charge in [-0.1, -0.05) is 42.8 Å². The van der Waals surface area contributed by atoms with Gasteiger partial charge in [-0.2, -0.15) is 0 Å². The summed E-state index contributed by atoms with van der Waals surface area (Å²) in [6.45, 7) is 4.50. The first kappa shape index (κ1) is 14.0. The predicted octanol–water partition coefficient (Wildman–Crippen LogP) is 3.51. The van der Waals surface area contributed by atoms with Crippen LogP contribution >= 0.6 is 11.6 Å². The van der Waals surface area contributed by atoms with Crippen LogP contribution in [0.2, 0.25) is 5.15 Å². The molecule has 19 heavy (non-hydrogen) atoms. The van der Waals surface area contributed by atoms with E-state index in [0.29, 0.717) is 5.15 Å². The molecule has 2 rings (SSSR count). The van der Waals surface area contributed by atoms with Crippen molar-refractivity contribution in [2.75, 3.05) is 25.1 Å². The number of hydrogen-bond acceptors (Lipinski definition) is 4. The molecular formula is C14H18ClN3O. The van der Waals surface area contributed by atoms with Crippen molar-refractivity contribution in [2.24, 2.45) is 0 Å². The Morgan fingerprint density at radius 1 is 1.16 bits per heavy atom. The van der Waals surface area contributed by atoms with E-state index < -0.39 is 0 Å². The number of ether oxygens (including phenoxy) is 1. The Balaban J connectivity index is 1.96. The second-order valence-corrected chi connectivity index (χ2v) is 4.64. The number of benzene rings is 1. The molecule has 0 aliphatic carbocycles. The van der Waals surface area contributed by atoms with Gasteiger partial charge in [0.25, 0.3) is 0 Å². The first-order chi connectivity index (χ1) is 9.33. The highest BCUT2D eigenvalue weighted by molar-refractivity contribution is 6.34. The summed E-state index contributed by atoms with van der Waals surface area (Å²) < 4.78 is 5.43. The minimum atomic E-state index is 0.437. The van der Waals surface area contributed by atoms with Crippen molar-refractivity contribution < 1.29 is 4.74 Å². The number of halogens is 1. The number of aromatic nitrogens is 2. The second kappa shape index (κ2) is 7.26. The van der Waals surface area contributed by atoms with E-state index in [-0.39, 0.29) is 0 Å². The van der Waals surface area contributed by atoms with Gasteiger partial charge in [0.05, 0.1) is 0 Å². The highest BCUT2D eigenvalue weighted by Crippen LogP contribution is 2.25. The molecule has 102 valence electrons. The van der Waals surface area contributed by atoms with Gasteiger partial charge in [0.15, 0.2) is 11.0 Å². The van der Waals surface area contributed by atoms with E-state index in [0.717, 1.165) is 49.2 Å². The molecule has 0 spiro atoms. The van der Waals surface area contributed by atoms with Crippen LogP contribution in [0.15, 0.2) is 24.3 Å². The lowest BCUT2D eigenvalue weighted by molar-refractivity contribution is 0.134. The van der Waals surface area contributed by atoms with Gasteiger partial charge in [0, 0.05) is 30.5 Å². The SMILES string of the molecule is CCCOCCCNc1nnc(Cl)c2ccccc12. The maximum Gasteiger partial charge on any atom is 0.159 e. The average Bonchev–Trinajstić information content (AvgIpc) is 2.45. The fraction of sp³-hybridized carbons (Fsp3) is 0.429. The van der Waals surface area contributed by atoms with Crippen LogP contribution < -0.4 is 5.32 Å². The van der Waals surface area contributed by atoms with Gasteiger partial charge >= 0.3 is 0 Å². The predicted molar refractivity (Wildman–Crippen MR) is 78.8 cm³/mol. The molecule has 4 nitrogen and oxygen atoms in total. The first-order valence-corrected chi connectivity index (χ1v) is 6.93. The van der Waals surface area contributed by atoms with Gasteiger partial charge in [-0.05, 0) is 12.8 Å². The van der Waals surface area contributed by atoms with Crippen LogP contribution in [-0.4, -0.2) is 30.0 Å². The third kappa shape index (κ3) is 3.78. The van der Waals surface area contributed by atoms with E-state index in [4.69, 9.17) is 16.3 Å². The largest absolute Gasteiger partial charge is 0.381 e. The second-order valence-electron chi connectivity index (χ2n) is 4.28. The molecule has 0 saturated carbocycles. The molecule has 0 bridgehead atoms. The highest BCUT2D eigenvalue weighted by atomic mass is 35.5. The van der Waals surface area contributed by atoms with Gasteiger partial charge in [-0.15, -0.1) is 10.2 Å². The fourth-order valence-electron chi connectivity index (χ4n) is 1.83. The van der Waals surface area contributed by atoms with Crippen LogP contribution in [-0.2, 0) is 4.74 Å². The number of fused-ring (bicyclic) bond motifs is 1. The van der Waals surface area contributed by atoms with Gasteiger partial charge in [0.1, 0.15) is 0 Å². The molecule has 0 saturated heterocycles. The fourth-order valence-corrected chi connectivity index (χ4v) is 2.03. The monoisotopic (exact) mass is 279 g/mol. The Hall–Kier alpha value is -1.39. The molecular weight excluding hydrogens is 262 g/mol. The maximum absolute atomic E-state index is 6.03. The zero-order valence-electron chi connectivity index (χ0n) is 11.0. The van der Waals surface area contributed by atoms with Crippen molar-refractivity contribution >= 4 is 28.2 Å². The summed E-state index contributed by atoms with van der Waals surface area (Å²) in [5.41, 5.74) is 0. The van der Waals surface area contributed by atoms with Crippen molar-refractivity contribution in [3.63, 3.8) is 0 Å². The molecule has 0 atom stereocenters. The molecule has 0 aliphatic heterocycles. The molecule has 1 aromatic carbocycles. The number of hydrogen-bond donors (Lipinski definition) is 1. The molecule has 1 N–H and O–H groups in total. The van der Waals surface area contributed by atoms with Crippen LogP contribution in [0.4, 0.5) is 5.82 Å². The Bertz CT molecular complexity index is 533. The van der Waals surface area contributed by atoms with Crippen LogP contribution in [0.5, 0.6) is 0 Å². The van der Waals surface area contributed by atoms with E-state index in [1.165, 1.54) is 0 Å². The standard InChI is InChI=1S/C14H18ClN3O/c1-2-9-19-10-5-8-16-14-12-7-4-3-6-11(12)13(15)17-18-14/h3-4,6-7H,2,5,8-10H2,1H3,(H,16,18). The van der Waals surface area contributed by atoms with E-state index in [9.17, 15) is 0 Å². The zero-order chi connectivity index (χ0) is 13.5. The minimum absolute atomic E-state index is 0.437. The van der Waals surface area contributed by atoms with E-state index in [1.54, 1.807) is 0 Å². The zero-order valence-corrected chi connectivity index (χ0v) is 11.8. The average molecular weight is 280 g/mol. The topological polar surface area (TPSA) is 47.0 Å². The molecule has 0 radical (unpaired) electrons. The quantitative estimate of drug-likeness (QED) is 0.788. The Kier molecular flexibility index (Phi) is 5.36. The lowest BCUT2D eigenvalue weighted by Crippen LogP contribution is -2.08. The summed E-state index contributed by atoms with van der Waals surface area (Å²) in [6.07, 6.45) is 2.00. The van der Waals surface area contributed by atoms with Crippen LogP contribution in [0.3, 0.4) is 0 Å². The summed E-state index contributed by atoms with van der Waals surface area (Å²) in [6, 6.07) is 7.85. The van der Waals surface area contributed by atoms with E-state index in [1.807, 2.05) is 24.3 Å². The lowest BCUT2D eigenvalue weighted by atomic mass is 10.2. The van der Waals surface area contributed by atoms with E-state index >= 15 is 0 Å². The highest BCUT2D eigenvalue weighted by Gasteiger charge is 2.06. The molecule has 5 heteroatoms. The first-order valence-electron chi connectivity index (χ1n) is 6.55. The molecule has 0 amide bonds. The van der Waals surface area contributed by atoms with Gasteiger partial charge in [-0.3, -0.25) is 0 Å². The third-order valence-corrected chi connectivity index (χ3v) is 3.03. The van der Waals surface area contributed by atoms with Crippen molar-refractivity contribution in [2.45, 2.75) is 19.8 Å². The molecule has 0 fully saturated rings. The molecule has 1 heterocycles. The van der Waals surface area contributed by atoms with Crippen LogP contribution in [0.1, 0.15) is 19.8 Å². The minimum Gasteiger partial charge on any atom is -0.381 e. The van der Waals surface area contributed by atoms with Gasteiger partial charge in [-0.25, -0.2) is 0 Å². The Labute approximate surface area is 118 Å². The van der Waals surface area contributed by atoms with Crippen molar-refractivity contribution in [3.05, 3.63) is 29.4 Å². The number of nitrogens with one attached hydrogen (secondary N) is 1. The number of rotatable bonds is 7. The summed E-state index contributed by atoms with van der Waals surface area (Å²) in [5.74, 6) is 0.774. The summed E-state index contributed by atoms with van der Waals surface area (Å²) in [7, 11) is 0. The van der Waals surface area contributed by atoms with E-state index in [2.05, 4.69) is 22.4 Å². The normalized spacial score (nSPS) is 10.8.